The van der Waals surface area contributed by atoms with Crippen LogP contribution in [-0.4, -0.2) is 24.1 Å². The van der Waals surface area contributed by atoms with E-state index in [4.69, 9.17) is 4.74 Å². The van der Waals surface area contributed by atoms with E-state index in [1.54, 1.807) is 0 Å². The zero-order valence-electron chi connectivity index (χ0n) is 11.2. The predicted molar refractivity (Wildman–Crippen MR) is 83.3 cm³/mol. The van der Waals surface area contributed by atoms with E-state index in [-0.39, 0.29) is 21.4 Å². The second-order valence-corrected chi connectivity index (χ2v) is 6.40. The number of alkyl carbamates (subject to hydrolysis) is 1. The van der Waals surface area contributed by atoms with Gasteiger partial charge in [-0.1, -0.05) is 0 Å². The third-order valence-electron chi connectivity index (χ3n) is 2.32. The molecule has 0 aliphatic rings. The maximum absolute atomic E-state index is 11.6. The van der Waals surface area contributed by atoms with E-state index in [2.05, 4.69) is 41.9 Å². The predicted octanol–water partition coefficient (Wildman–Crippen LogP) is 2.95. The minimum absolute atomic E-state index is 0.0627. The Morgan fingerprint density at radius 1 is 1.27 bits per heavy atom. The van der Waals surface area contributed by atoms with Crippen LogP contribution in [0.4, 0.5) is 10.5 Å². The highest BCUT2D eigenvalue weighted by Crippen LogP contribution is 2.18. The maximum atomic E-state index is 11.6. The van der Waals surface area contributed by atoms with Crippen molar-refractivity contribution in [2.75, 3.05) is 7.11 Å². The summed E-state index contributed by atoms with van der Waals surface area (Å²) >= 11 is 5.98. The van der Waals surface area contributed by atoms with E-state index in [0.717, 1.165) is 7.11 Å². The number of methoxy groups -OCH3 is 1. The zero-order chi connectivity index (χ0) is 16.7. The van der Waals surface area contributed by atoms with E-state index in [1.807, 2.05) is 0 Å². The largest absolute Gasteiger partial charge is 0.464 e. The summed E-state index contributed by atoms with van der Waals surface area (Å²) in [5, 5.41) is 12.7. The van der Waals surface area contributed by atoms with Gasteiger partial charge in [0.1, 0.15) is 6.61 Å². The smallest absolute Gasteiger partial charge is 0.412 e. The molecule has 0 heterocycles. The molecule has 0 aromatic heterocycles. The Kier molecular flexibility index (Phi) is 6.99. The molecule has 0 aliphatic heterocycles. The van der Waals surface area contributed by atoms with Crippen molar-refractivity contribution >= 4 is 49.6 Å². The molecular weight excluding hydrogens is 428 g/mol. The molecule has 0 unspecified atom stereocenters. The monoisotopic (exact) mass is 436 g/mol. The summed E-state index contributed by atoms with van der Waals surface area (Å²) in [4.78, 5) is 33.0. The number of hydrogen-bond acceptors (Lipinski definition) is 6. The van der Waals surface area contributed by atoms with Crippen LogP contribution in [0.3, 0.4) is 0 Å². The number of nitro groups is 1. The summed E-state index contributed by atoms with van der Waals surface area (Å²) < 4.78 is 9.58. The Bertz CT molecular complexity index is 611. The van der Waals surface area contributed by atoms with E-state index < -0.39 is 17.0 Å². The zero-order valence-corrected chi connectivity index (χ0v) is 14.3. The minimum atomic E-state index is -0.879. The van der Waals surface area contributed by atoms with Crippen molar-refractivity contribution in [2.45, 2.75) is 6.61 Å². The number of ether oxygens (including phenoxy) is 2. The molecule has 1 aromatic carbocycles. The van der Waals surface area contributed by atoms with Gasteiger partial charge in [-0.3, -0.25) is 15.4 Å². The van der Waals surface area contributed by atoms with Crippen molar-refractivity contribution in [2.24, 2.45) is 0 Å². The molecule has 1 amide bonds. The number of hydrogen-bond donors (Lipinski definition) is 1. The van der Waals surface area contributed by atoms with Crippen molar-refractivity contribution in [3.8, 4) is 0 Å². The average Bonchev–Trinajstić information content (AvgIpc) is 2.49. The lowest BCUT2D eigenvalue weighted by Crippen LogP contribution is -2.29. The van der Waals surface area contributed by atoms with Crippen molar-refractivity contribution in [3.05, 3.63) is 49.0 Å². The minimum Gasteiger partial charge on any atom is -0.464 e. The third-order valence-corrected chi connectivity index (χ3v) is 3.12. The van der Waals surface area contributed by atoms with Gasteiger partial charge >= 0.3 is 12.1 Å². The summed E-state index contributed by atoms with van der Waals surface area (Å²) in [6.45, 7) is -0.113. The summed E-state index contributed by atoms with van der Waals surface area (Å²) in [6, 6.07) is 5.52. The molecule has 0 spiro atoms. The van der Waals surface area contributed by atoms with Crippen LogP contribution in [-0.2, 0) is 20.9 Å². The van der Waals surface area contributed by atoms with Gasteiger partial charge in [0.05, 0.1) is 15.4 Å². The highest BCUT2D eigenvalue weighted by Gasteiger charge is 2.17. The number of amides is 1. The second-order valence-electron chi connectivity index (χ2n) is 3.75. The SMILES string of the molecule is COC(=O)C(NC(=O)OCc1ccc([N+](=O)[O-])cc1)=C(Br)Br. The van der Waals surface area contributed by atoms with Gasteiger partial charge in [0, 0.05) is 12.1 Å². The van der Waals surface area contributed by atoms with E-state index in [0.29, 0.717) is 5.56 Å². The molecule has 0 saturated carbocycles. The molecule has 118 valence electrons. The van der Waals surface area contributed by atoms with Crippen LogP contribution in [0.2, 0.25) is 0 Å². The Hall–Kier alpha value is -1.94. The topological polar surface area (TPSA) is 108 Å². The highest BCUT2D eigenvalue weighted by molar-refractivity contribution is 9.28. The normalized spacial score (nSPS) is 9.59. The number of benzene rings is 1. The number of non-ortho nitro benzene ring substituents is 1. The molecule has 0 saturated heterocycles. The molecule has 22 heavy (non-hydrogen) atoms. The van der Waals surface area contributed by atoms with E-state index in [1.165, 1.54) is 24.3 Å². The van der Waals surface area contributed by atoms with Gasteiger partial charge in [-0.15, -0.1) is 0 Å². The molecule has 0 atom stereocenters. The average molecular weight is 438 g/mol. The van der Waals surface area contributed by atoms with Crippen LogP contribution in [0.15, 0.2) is 33.4 Å². The summed E-state index contributed by atoms with van der Waals surface area (Å²) in [5.74, 6) is -0.768. The molecule has 1 N–H and O–H groups in total. The second kappa shape index (κ2) is 8.49. The number of carbonyl (C=O) groups is 2. The molecule has 0 bridgehead atoms. The number of nitro benzene ring substituents is 1. The van der Waals surface area contributed by atoms with Gasteiger partial charge in [0.2, 0.25) is 0 Å². The number of nitrogens with zero attached hydrogens (tertiary/aromatic N) is 1. The number of esters is 1. The maximum Gasteiger partial charge on any atom is 0.412 e. The molecule has 0 radical (unpaired) electrons. The van der Waals surface area contributed by atoms with Gasteiger partial charge in [-0.05, 0) is 49.6 Å². The number of halogens is 2. The highest BCUT2D eigenvalue weighted by atomic mass is 79.9. The Morgan fingerprint density at radius 2 is 1.86 bits per heavy atom. The third kappa shape index (κ3) is 5.45. The molecule has 8 nitrogen and oxygen atoms in total. The first-order valence-electron chi connectivity index (χ1n) is 5.66. The van der Waals surface area contributed by atoms with E-state index >= 15 is 0 Å². The van der Waals surface area contributed by atoms with Gasteiger partial charge in [0.15, 0.2) is 5.70 Å². The van der Waals surface area contributed by atoms with E-state index in [9.17, 15) is 19.7 Å². The lowest BCUT2D eigenvalue weighted by Gasteiger charge is -2.09. The van der Waals surface area contributed by atoms with Crippen molar-refractivity contribution in [1.82, 2.24) is 5.32 Å². The molecule has 0 aliphatic carbocycles. The standard InChI is InChI=1S/C12H10Br2N2O6/c1-21-11(17)9(10(13)14)15-12(18)22-6-7-2-4-8(5-3-7)16(19)20/h2-5H,6H2,1H3,(H,15,18). The first-order chi connectivity index (χ1) is 10.3. The number of carbonyl (C=O) groups excluding carboxylic acids is 2. The van der Waals surface area contributed by atoms with Crippen LogP contribution in [0.25, 0.3) is 0 Å². The van der Waals surface area contributed by atoms with Crippen LogP contribution in [0.1, 0.15) is 5.56 Å². The van der Waals surface area contributed by atoms with Gasteiger partial charge < -0.3 is 9.47 Å². The van der Waals surface area contributed by atoms with Gasteiger partial charge in [0.25, 0.3) is 5.69 Å². The van der Waals surface area contributed by atoms with Crippen LogP contribution >= 0.6 is 31.9 Å². The fourth-order valence-corrected chi connectivity index (χ4v) is 1.80. The summed E-state index contributed by atoms with van der Waals surface area (Å²) in [5.41, 5.74) is 0.339. The fourth-order valence-electron chi connectivity index (χ4n) is 1.28. The Morgan fingerprint density at radius 3 is 2.32 bits per heavy atom. The van der Waals surface area contributed by atoms with Crippen LogP contribution in [0.5, 0.6) is 0 Å². The lowest BCUT2D eigenvalue weighted by molar-refractivity contribution is -0.384. The van der Waals surface area contributed by atoms with Crippen molar-refractivity contribution < 1.29 is 24.0 Å². The van der Waals surface area contributed by atoms with Crippen molar-refractivity contribution in [1.29, 1.82) is 0 Å². The van der Waals surface area contributed by atoms with Gasteiger partial charge in [-0.2, -0.15) is 0 Å². The van der Waals surface area contributed by atoms with Crippen LogP contribution < -0.4 is 5.32 Å². The molecule has 0 fully saturated rings. The first kappa shape index (κ1) is 18.1. The van der Waals surface area contributed by atoms with Crippen molar-refractivity contribution in [3.63, 3.8) is 0 Å². The van der Waals surface area contributed by atoms with Gasteiger partial charge in [-0.25, -0.2) is 9.59 Å². The molecule has 1 aromatic rings. The number of rotatable bonds is 5. The molecule has 10 heteroatoms. The quantitative estimate of drug-likeness (QED) is 0.328. The summed E-state index contributed by atoms with van der Waals surface area (Å²) in [6.07, 6.45) is -0.879. The molecule has 1 rings (SSSR count). The van der Waals surface area contributed by atoms with Crippen LogP contribution in [0, 0.1) is 10.1 Å². The summed E-state index contributed by atoms with van der Waals surface area (Å²) in [7, 11) is 1.16. The fraction of sp³-hybridized carbons (Fsp3) is 0.167. The lowest BCUT2D eigenvalue weighted by atomic mass is 10.2. The molecular formula is C12H10Br2N2O6. The Labute approximate surface area is 141 Å². The Balaban J connectivity index is 2.61. The first-order valence-corrected chi connectivity index (χ1v) is 7.24. The number of nitrogens with one attached hydrogen (secondary N) is 1.